The molecule has 3 N–H and O–H groups in total. The SMILES string of the molecule is CCNC(=NCC(c1ccc(C)s1)N1CCOCC1)NCC(O)c1ccco1. The quantitative estimate of drug-likeness (QED) is 0.461. The van der Waals surface area contributed by atoms with E-state index < -0.39 is 6.10 Å². The second kappa shape index (κ2) is 10.6. The molecular weight excluding hydrogens is 376 g/mol. The van der Waals surface area contributed by atoms with Crippen LogP contribution in [0.5, 0.6) is 0 Å². The Morgan fingerprint density at radius 3 is 2.75 bits per heavy atom. The Morgan fingerprint density at radius 2 is 2.11 bits per heavy atom. The molecule has 1 aliphatic rings. The Morgan fingerprint density at radius 1 is 1.29 bits per heavy atom. The Bertz CT molecular complexity index is 726. The van der Waals surface area contributed by atoms with Gasteiger partial charge in [-0.25, -0.2) is 0 Å². The third-order valence-corrected chi connectivity index (χ3v) is 5.78. The van der Waals surface area contributed by atoms with Crippen LogP contribution in [-0.2, 0) is 4.74 Å². The normalized spacial score (nSPS) is 18.0. The second-order valence-electron chi connectivity index (χ2n) is 6.74. The summed E-state index contributed by atoms with van der Waals surface area (Å²) in [4.78, 5) is 9.89. The highest BCUT2D eigenvalue weighted by Gasteiger charge is 2.24. The smallest absolute Gasteiger partial charge is 0.191 e. The van der Waals surface area contributed by atoms with Crippen LogP contribution in [0.15, 0.2) is 39.9 Å². The van der Waals surface area contributed by atoms with Gasteiger partial charge in [0.25, 0.3) is 0 Å². The molecule has 0 amide bonds. The Hall–Kier alpha value is -1.87. The van der Waals surface area contributed by atoms with Crippen LogP contribution in [0.2, 0.25) is 0 Å². The van der Waals surface area contributed by atoms with E-state index in [1.165, 1.54) is 9.75 Å². The van der Waals surface area contributed by atoms with Gasteiger partial charge in [-0.1, -0.05) is 0 Å². The Labute approximate surface area is 170 Å². The van der Waals surface area contributed by atoms with E-state index in [1.807, 2.05) is 18.3 Å². The van der Waals surface area contributed by atoms with Crippen LogP contribution in [0.4, 0.5) is 0 Å². The molecule has 0 aromatic carbocycles. The summed E-state index contributed by atoms with van der Waals surface area (Å²) in [6.07, 6.45) is 0.849. The van der Waals surface area contributed by atoms with E-state index in [1.54, 1.807) is 18.4 Å². The van der Waals surface area contributed by atoms with Crippen molar-refractivity contribution in [2.45, 2.75) is 26.0 Å². The summed E-state index contributed by atoms with van der Waals surface area (Å²) in [6.45, 7) is 9.25. The van der Waals surface area contributed by atoms with E-state index in [0.717, 1.165) is 32.8 Å². The van der Waals surface area contributed by atoms with Gasteiger partial charge in [-0.3, -0.25) is 9.89 Å². The van der Waals surface area contributed by atoms with Crippen LogP contribution < -0.4 is 10.6 Å². The van der Waals surface area contributed by atoms with Gasteiger partial charge in [0.15, 0.2) is 5.96 Å². The molecule has 0 radical (unpaired) electrons. The molecule has 28 heavy (non-hydrogen) atoms. The average Bonchev–Trinajstić information content (AvgIpc) is 3.39. The molecular formula is C20H30N4O3S. The lowest BCUT2D eigenvalue weighted by Crippen LogP contribution is -2.42. The Kier molecular flexibility index (Phi) is 7.90. The van der Waals surface area contributed by atoms with Crippen molar-refractivity contribution in [3.8, 4) is 0 Å². The second-order valence-corrected chi connectivity index (χ2v) is 8.06. The first-order valence-electron chi connectivity index (χ1n) is 9.79. The molecule has 2 aromatic rings. The van der Waals surface area contributed by atoms with Gasteiger partial charge < -0.3 is 24.9 Å². The number of hydrogen-bond donors (Lipinski definition) is 3. The highest BCUT2D eigenvalue weighted by Crippen LogP contribution is 2.28. The maximum atomic E-state index is 10.2. The van der Waals surface area contributed by atoms with Gasteiger partial charge in [-0.2, -0.15) is 0 Å². The fourth-order valence-electron chi connectivity index (χ4n) is 3.20. The summed E-state index contributed by atoms with van der Waals surface area (Å²) >= 11 is 1.83. The monoisotopic (exact) mass is 406 g/mol. The molecule has 2 atom stereocenters. The van der Waals surface area contributed by atoms with Gasteiger partial charge in [0.1, 0.15) is 11.9 Å². The van der Waals surface area contributed by atoms with Crippen LogP contribution in [0.1, 0.15) is 34.6 Å². The molecule has 1 aliphatic heterocycles. The molecule has 3 heterocycles. The first-order chi connectivity index (χ1) is 13.7. The number of aryl methyl sites for hydroxylation is 1. The number of aliphatic hydroxyl groups is 1. The highest BCUT2D eigenvalue weighted by molar-refractivity contribution is 7.12. The van der Waals surface area contributed by atoms with Crippen LogP contribution in [0, 0.1) is 6.92 Å². The zero-order valence-electron chi connectivity index (χ0n) is 16.6. The maximum absolute atomic E-state index is 10.2. The summed E-state index contributed by atoms with van der Waals surface area (Å²) < 4.78 is 10.8. The van der Waals surface area contributed by atoms with Gasteiger partial charge in [-0.05, 0) is 38.1 Å². The molecule has 2 unspecified atom stereocenters. The van der Waals surface area contributed by atoms with Crippen molar-refractivity contribution >= 4 is 17.3 Å². The first-order valence-corrected chi connectivity index (χ1v) is 10.6. The summed E-state index contributed by atoms with van der Waals surface area (Å²) in [6, 6.07) is 8.14. The van der Waals surface area contributed by atoms with E-state index in [4.69, 9.17) is 14.1 Å². The molecule has 0 aliphatic carbocycles. The van der Waals surface area contributed by atoms with Gasteiger partial charge in [0.05, 0.1) is 38.6 Å². The fourth-order valence-corrected chi connectivity index (χ4v) is 4.20. The number of nitrogens with one attached hydrogen (secondary N) is 2. The third-order valence-electron chi connectivity index (χ3n) is 4.68. The minimum absolute atomic E-state index is 0.230. The van der Waals surface area contributed by atoms with Gasteiger partial charge in [0.2, 0.25) is 0 Å². The molecule has 0 spiro atoms. The van der Waals surface area contributed by atoms with Crippen molar-refractivity contribution < 1.29 is 14.3 Å². The van der Waals surface area contributed by atoms with Crippen LogP contribution >= 0.6 is 11.3 Å². The fraction of sp³-hybridized carbons (Fsp3) is 0.550. The van der Waals surface area contributed by atoms with Crippen molar-refractivity contribution in [2.24, 2.45) is 4.99 Å². The van der Waals surface area contributed by atoms with Crippen molar-refractivity contribution in [1.29, 1.82) is 0 Å². The van der Waals surface area contributed by atoms with E-state index >= 15 is 0 Å². The molecule has 154 valence electrons. The van der Waals surface area contributed by atoms with Crippen molar-refractivity contribution in [1.82, 2.24) is 15.5 Å². The van der Waals surface area contributed by atoms with E-state index in [9.17, 15) is 5.11 Å². The number of ether oxygens (including phenoxy) is 1. The average molecular weight is 407 g/mol. The minimum Gasteiger partial charge on any atom is -0.467 e. The topological polar surface area (TPSA) is 82.3 Å². The number of thiophene rings is 1. The van der Waals surface area contributed by atoms with E-state index in [0.29, 0.717) is 24.8 Å². The van der Waals surface area contributed by atoms with Gasteiger partial charge >= 0.3 is 0 Å². The number of aliphatic imine (C=N–C) groups is 1. The Balaban J connectivity index is 1.66. The lowest BCUT2D eigenvalue weighted by molar-refractivity contribution is 0.0186. The molecule has 1 fully saturated rings. The molecule has 3 rings (SSSR count). The minimum atomic E-state index is -0.714. The van der Waals surface area contributed by atoms with Crippen molar-refractivity contribution in [3.63, 3.8) is 0 Å². The van der Waals surface area contributed by atoms with Crippen molar-refractivity contribution in [3.05, 3.63) is 46.0 Å². The summed E-state index contributed by atoms with van der Waals surface area (Å²) in [5.41, 5.74) is 0. The van der Waals surface area contributed by atoms with Crippen LogP contribution in [0.3, 0.4) is 0 Å². The lowest BCUT2D eigenvalue weighted by Gasteiger charge is -2.33. The number of hydrogen-bond acceptors (Lipinski definition) is 6. The molecule has 7 nitrogen and oxygen atoms in total. The van der Waals surface area contributed by atoms with Crippen molar-refractivity contribution in [2.75, 3.05) is 45.9 Å². The molecule has 0 bridgehead atoms. The van der Waals surface area contributed by atoms with Crippen LogP contribution in [0.25, 0.3) is 0 Å². The number of aliphatic hydroxyl groups excluding tert-OH is 1. The van der Waals surface area contributed by atoms with Gasteiger partial charge in [0, 0.05) is 29.4 Å². The number of rotatable bonds is 8. The van der Waals surface area contributed by atoms with Crippen LogP contribution in [-0.4, -0.2) is 61.9 Å². The lowest BCUT2D eigenvalue weighted by atomic mass is 10.2. The number of furan rings is 1. The summed E-state index contributed by atoms with van der Waals surface area (Å²) in [5, 5.41) is 16.7. The van der Waals surface area contributed by atoms with E-state index in [-0.39, 0.29) is 6.04 Å². The number of guanidine groups is 1. The standard InChI is InChI=1S/C20H30N4O3S/c1-3-21-20(23-14-17(25)18-5-4-10-27-18)22-13-16(19-7-6-15(2)28-19)24-8-11-26-12-9-24/h4-7,10,16-17,25H,3,8-9,11-14H2,1-2H3,(H2,21,22,23). The molecule has 2 aromatic heterocycles. The maximum Gasteiger partial charge on any atom is 0.191 e. The highest BCUT2D eigenvalue weighted by atomic mass is 32.1. The number of morpholine rings is 1. The van der Waals surface area contributed by atoms with E-state index in [2.05, 4.69) is 34.6 Å². The molecule has 0 saturated carbocycles. The summed E-state index contributed by atoms with van der Waals surface area (Å²) in [5.74, 6) is 1.24. The van der Waals surface area contributed by atoms with Gasteiger partial charge in [-0.15, -0.1) is 11.3 Å². The summed E-state index contributed by atoms with van der Waals surface area (Å²) in [7, 11) is 0. The third kappa shape index (κ3) is 5.81. The largest absolute Gasteiger partial charge is 0.467 e. The predicted molar refractivity (Wildman–Crippen MR) is 112 cm³/mol. The first kappa shape index (κ1) is 20.9. The zero-order valence-corrected chi connectivity index (χ0v) is 17.4. The molecule has 8 heteroatoms. The zero-order chi connectivity index (χ0) is 19.8. The number of nitrogens with zero attached hydrogens (tertiary/aromatic N) is 2. The molecule has 1 saturated heterocycles. The predicted octanol–water partition coefficient (Wildman–Crippen LogP) is 2.31.